The topological polar surface area (TPSA) is 75.3 Å². The minimum atomic E-state index is -0.347. The number of hydrogen-bond donors (Lipinski definition) is 2. The number of carbonyl (C=O) groups is 3. The van der Waals surface area contributed by atoms with Crippen LogP contribution in [0.3, 0.4) is 0 Å². The van der Waals surface area contributed by atoms with Gasteiger partial charge in [-0.25, -0.2) is 0 Å². The van der Waals surface area contributed by atoms with Gasteiger partial charge >= 0.3 is 0 Å². The van der Waals surface area contributed by atoms with Crippen molar-refractivity contribution < 1.29 is 14.4 Å². The molecule has 0 radical (unpaired) electrons. The van der Waals surface area contributed by atoms with E-state index in [0.717, 1.165) is 0 Å². The molecule has 98 valence electrons. The molecule has 0 rings (SSSR count). The Balaban J connectivity index is 3.74. The number of nitrogens with one attached hydrogen (secondary N) is 2. The van der Waals surface area contributed by atoms with E-state index in [1.165, 1.54) is 0 Å². The molecule has 0 saturated heterocycles. The number of Topliss-reactive ketones (excluding diaryl/α,β-unsaturated/α-hetero) is 1. The van der Waals surface area contributed by atoms with Gasteiger partial charge in [0.05, 0.1) is 0 Å². The lowest BCUT2D eigenvalue weighted by Crippen LogP contribution is -2.36. The van der Waals surface area contributed by atoms with Crippen LogP contribution < -0.4 is 10.6 Å². The fraction of sp³-hybridized carbons (Fsp3) is 0.750. The van der Waals surface area contributed by atoms with Crippen LogP contribution in [0.15, 0.2) is 0 Å². The monoisotopic (exact) mass is 242 g/mol. The molecule has 0 spiro atoms. The molecule has 0 aromatic carbocycles. The summed E-state index contributed by atoms with van der Waals surface area (Å²) in [4.78, 5) is 33.8. The van der Waals surface area contributed by atoms with E-state index >= 15 is 0 Å². The highest BCUT2D eigenvalue weighted by atomic mass is 16.2. The molecule has 0 atom stereocenters. The first-order valence-electron chi connectivity index (χ1n) is 5.91. The van der Waals surface area contributed by atoms with E-state index in [4.69, 9.17) is 0 Å². The van der Waals surface area contributed by atoms with Gasteiger partial charge in [-0.3, -0.25) is 14.4 Å². The Bertz CT molecular complexity index is 285. The van der Waals surface area contributed by atoms with Gasteiger partial charge in [0.2, 0.25) is 11.8 Å². The molecule has 2 N–H and O–H groups in total. The van der Waals surface area contributed by atoms with Crippen molar-refractivity contribution in [3.8, 4) is 0 Å². The van der Waals surface area contributed by atoms with Crippen LogP contribution >= 0.6 is 0 Å². The van der Waals surface area contributed by atoms with E-state index in [0.29, 0.717) is 13.0 Å². The fourth-order valence-electron chi connectivity index (χ4n) is 1.20. The third-order valence-corrected chi connectivity index (χ3v) is 2.11. The van der Waals surface area contributed by atoms with Gasteiger partial charge in [-0.2, -0.15) is 0 Å². The highest BCUT2D eigenvalue weighted by Gasteiger charge is 2.11. The van der Waals surface area contributed by atoms with Crippen molar-refractivity contribution >= 4 is 17.6 Å². The summed E-state index contributed by atoms with van der Waals surface area (Å²) in [5.74, 6) is -0.555. The Hall–Kier alpha value is -1.39. The van der Waals surface area contributed by atoms with Gasteiger partial charge in [0, 0.05) is 24.9 Å². The minimum absolute atomic E-state index is 0.0175. The van der Waals surface area contributed by atoms with E-state index in [1.807, 2.05) is 27.7 Å². The van der Waals surface area contributed by atoms with Crippen LogP contribution in [0, 0.1) is 5.92 Å². The zero-order chi connectivity index (χ0) is 13.4. The van der Waals surface area contributed by atoms with E-state index < -0.39 is 0 Å². The minimum Gasteiger partial charge on any atom is -0.355 e. The molecule has 0 aliphatic heterocycles. The van der Waals surface area contributed by atoms with Gasteiger partial charge < -0.3 is 10.6 Å². The van der Waals surface area contributed by atoms with Crippen molar-refractivity contribution in [1.29, 1.82) is 0 Å². The average Bonchev–Trinajstić information content (AvgIpc) is 2.15. The van der Waals surface area contributed by atoms with Crippen LogP contribution in [0.2, 0.25) is 0 Å². The molecule has 5 nitrogen and oxygen atoms in total. The zero-order valence-corrected chi connectivity index (χ0v) is 11.0. The van der Waals surface area contributed by atoms with E-state index in [9.17, 15) is 14.4 Å². The molecule has 17 heavy (non-hydrogen) atoms. The van der Waals surface area contributed by atoms with Crippen molar-refractivity contribution in [3.63, 3.8) is 0 Å². The average molecular weight is 242 g/mol. The van der Waals surface area contributed by atoms with E-state index in [1.54, 1.807) is 0 Å². The number of carbonyl (C=O) groups excluding carboxylic acids is 3. The standard InChI is InChI=1S/C12H22N2O3/c1-8(2)10(15)5-6-13-11(16)7-12(17)14-9(3)4/h8-9H,5-7H2,1-4H3,(H,13,16)(H,14,17). The summed E-state index contributed by atoms with van der Waals surface area (Å²) in [5.41, 5.74) is 0. The molecule has 5 heteroatoms. The Morgan fingerprint density at radius 2 is 1.59 bits per heavy atom. The first-order chi connectivity index (χ1) is 7.82. The van der Waals surface area contributed by atoms with Gasteiger partial charge in [0.15, 0.2) is 0 Å². The number of ketones is 1. The van der Waals surface area contributed by atoms with Crippen LogP contribution in [0.5, 0.6) is 0 Å². The summed E-state index contributed by atoms with van der Waals surface area (Å²) in [6, 6.07) is 0.0258. The fourth-order valence-corrected chi connectivity index (χ4v) is 1.20. The first kappa shape index (κ1) is 15.6. The molecule has 0 aliphatic carbocycles. The SMILES string of the molecule is CC(C)NC(=O)CC(=O)NCCC(=O)C(C)C. The maximum Gasteiger partial charge on any atom is 0.229 e. The van der Waals surface area contributed by atoms with Crippen LogP contribution in [-0.4, -0.2) is 30.2 Å². The third kappa shape index (κ3) is 8.42. The Morgan fingerprint density at radius 3 is 2.06 bits per heavy atom. The Kier molecular flexibility index (Phi) is 7.18. The smallest absolute Gasteiger partial charge is 0.229 e. The summed E-state index contributed by atoms with van der Waals surface area (Å²) in [6.07, 6.45) is 0.128. The predicted molar refractivity (Wildman–Crippen MR) is 65.4 cm³/mol. The largest absolute Gasteiger partial charge is 0.355 e. The molecule has 0 saturated carbocycles. The molecule has 0 fully saturated rings. The highest BCUT2D eigenvalue weighted by Crippen LogP contribution is 1.97. The molecule has 0 aromatic heterocycles. The van der Waals surface area contributed by atoms with Crippen molar-refractivity contribution in [3.05, 3.63) is 0 Å². The van der Waals surface area contributed by atoms with Crippen LogP contribution in [0.25, 0.3) is 0 Å². The second-order valence-corrected chi connectivity index (χ2v) is 4.62. The zero-order valence-electron chi connectivity index (χ0n) is 11.0. The second kappa shape index (κ2) is 7.81. The summed E-state index contributed by atoms with van der Waals surface area (Å²) in [5, 5.41) is 5.18. The Morgan fingerprint density at radius 1 is 1.00 bits per heavy atom. The van der Waals surface area contributed by atoms with Crippen molar-refractivity contribution in [2.75, 3.05) is 6.54 Å². The molecule has 0 unspecified atom stereocenters. The summed E-state index contributed by atoms with van der Waals surface area (Å²) >= 11 is 0. The lowest BCUT2D eigenvalue weighted by molar-refractivity contribution is -0.129. The van der Waals surface area contributed by atoms with Crippen LogP contribution in [0.1, 0.15) is 40.5 Å². The van der Waals surface area contributed by atoms with Gasteiger partial charge in [-0.15, -0.1) is 0 Å². The summed E-state index contributed by atoms with van der Waals surface area (Å²) in [7, 11) is 0. The molecular formula is C12H22N2O3. The number of hydrogen-bond acceptors (Lipinski definition) is 3. The molecule has 0 aliphatic rings. The van der Waals surface area contributed by atoms with Crippen LogP contribution in [0.4, 0.5) is 0 Å². The van der Waals surface area contributed by atoms with Crippen molar-refractivity contribution in [2.24, 2.45) is 5.92 Å². The molecule has 0 heterocycles. The predicted octanol–water partition coefficient (Wildman–Crippen LogP) is 0.632. The quantitative estimate of drug-likeness (QED) is 0.643. The number of amides is 2. The molecule has 0 bridgehead atoms. The normalized spacial score (nSPS) is 10.5. The third-order valence-electron chi connectivity index (χ3n) is 2.11. The van der Waals surface area contributed by atoms with E-state index in [-0.39, 0.29) is 36.0 Å². The first-order valence-corrected chi connectivity index (χ1v) is 5.91. The molecule has 0 aromatic rings. The highest BCUT2D eigenvalue weighted by molar-refractivity contribution is 5.97. The second-order valence-electron chi connectivity index (χ2n) is 4.62. The van der Waals surface area contributed by atoms with E-state index in [2.05, 4.69) is 10.6 Å². The van der Waals surface area contributed by atoms with Gasteiger partial charge in [-0.05, 0) is 13.8 Å². The lowest BCUT2D eigenvalue weighted by atomic mass is 10.1. The van der Waals surface area contributed by atoms with Gasteiger partial charge in [0.1, 0.15) is 12.2 Å². The van der Waals surface area contributed by atoms with Crippen molar-refractivity contribution in [2.45, 2.75) is 46.6 Å². The summed E-state index contributed by atoms with van der Waals surface area (Å²) < 4.78 is 0. The molecular weight excluding hydrogens is 220 g/mol. The number of rotatable bonds is 7. The lowest BCUT2D eigenvalue weighted by Gasteiger charge is -2.09. The van der Waals surface area contributed by atoms with Gasteiger partial charge in [-0.1, -0.05) is 13.8 Å². The van der Waals surface area contributed by atoms with Crippen molar-refractivity contribution in [1.82, 2.24) is 10.6 Å². The molecule has 2 amide bonds. The maximum atomic E-state index is 11.3. The summed E-state index contributed by atoms with van der Waals surface area (Å²) in [6.45, 7) is 7.60. The Labute approximate surface area is 102 Å². The maximum absolute atomic E-state index is 11.3. The van der Waals surface area contributed by atoms with Crippen LogP contribution in [-0.2, 0) is 14.4 Å². The van der Waals surface area contributed by atoms with Gasteiger partial charge in [0.25, 0.3) is 0 Å².